The third-order valence-corrected chi connectivity index (χ3v) is 4.15. The van der Waals surface area contributed by atoms with Crippen molar-refractivity contribution in [1.29, 1.82) is 0 Å². The van der Waals surface area contributed by atoms with Crippen LogP contribution >= 0.6 is 0 Å². The molecule has 0 spiro atoms. The van der Waals surface area contributed by atoms with Crippen LogP contribution in [0, 0.1) is 11.3 Å². The molecule has 0 N–H and O–H groups in total. The van der Waals surface area contributed by atoms with Crippen LogP contribution in [0.1, 0.15) is 39.5 Å². The molecule has 22 heavy (non-hydrogen) atoms. The lowest BCUT2D eigenvalue weighted by atomic mass is 9.76. The third kappa shape index (κ3) is 3.58. The lowest BCUT2D eigenvalue weighted by Gasteiger charge is -2.31. The van der Waals surface area contributed by atoms with E-state index in [1.165, 1.54) is 14.2 Å². The number of hydrogen-bond acceptors (Lipinski definition) is 6. The summed E-state index contributed by atoms with van der Waals surface area (Å²) in [6.07, 6.45) is 1.66. The first kappa shape index (κ1) is 18.4. The molecule has 0 aliphatic heterocycles. The Kier molecular flexibility index (Phi) is 6.80. The summed E-state index contributed by atoms with van der Waals surface area (Å²) in [5, 5.41) is 1.10. The Morgan fingerprint density at radius 3 is 2.14 bits per heavy atom. The Morgan fingerprint density at radius 1 is 1.14 bits per heavy atom. The number of carbonyl (C=O) groups is 3. The second-order valence-corrected chi connectivity index (χ2v) is 5.28. The van der Waals surface area contributed by atoms with Crippen LogP contribution in [0.2, 0.25) is 0 Å². The maximum Gasteiger partial charge on any atom is 0.323 e. The Hall–Kier alpha value is -1.63. The molecule has 1 amide bonds. The minimum atomic E-state index is -1.38. The second kappa shape index (κ2) is 8.12. The molecule has 1 atom stereocenters. The summed E-state index contributed by atoms with van der Waals surface area (Å²) in [7, 11) is 2.88. The molecule has 0 radical (unpaired) electrons. The summed E-state index contributed by atoms with van der Waals surface area (Å²) in [5.41, 5.74) is -1.38. The van der Waals surface area contributed by atoms with E-state index < -0.39 is 23.3 Å². The number of amides is 1. The molecule has 0 bridgehead atoms. The molecule has 1 fully saturated rings. The van der Waals surface area contributed by atoms with Crippen molar-refractivity contribution in [1.82, 2.24) is 5.06 Å². The minimum Gasteiger partial charge on any atom is -0.465 e. The Bertz CT molecular complexity index is 404. The topological polar surface area (TPSA) is 82.1 Å². The molecule has 1 aliphatic carbocycles. The van der Waals surface area contributed by atoms with Gasteiger partial charge in [-0.3, -0.25) is 19.2 Å². The molecule has 0 aromatic heterocycles. The summed E-state index contributed by atoms with van der Waals surface area (Å²) in [6, 6.07) is 0. The predicted molar refractivity (Wildman–Crippen MR) is 77.4 cm³/mol. The van der Waals surface area contributed by atoms with Crippen molar-refractivity contribution in [3.05, 3.63) is 0 Å². The number of esters is 2. The van der Waals surface area contributed by atoms with Crippen LogP contribution < -0.4 is 0 Å². The maximum absolute atomic E-state index is 12.4. The number of rotatable bonds is 7. The van der Waals surface area contributed by atoms with Crippen LogP contribution in [-0.2, 0) is 28.7 Å². The van der Waals surface area contributed by atoms with Crippen molar-refractivity contribution in [3.63, 3.8) is 0 Å². The van der Waals surface area contributed by atoms with Gasteiger partial charge in [-0.05, 0) is 32.6 Å². The summed E-state index contributed by atoms with van der Waals surface area (Å²) < 4.78 is 10.2. The number of carbonyl (C=O) groups excluding carboxylic acids is 3. The van der Waals surface area contributed by atoms with Crippen LogP contribution in [0.4, 0.5) is 0 Å². The fourth-order valence-electron chi connectivity index (χ4n) is 2.94. The van der Waals surface area contributed by atoms with Crippen molar-refractivity contribution in [2.45, 2.75) is 39.5 Å². The molecular weight excluding hydrogens is 290 g/mol. The summed E-state index contributed by atoms with van der Waals surface area (Å²) in [5.74, 6) is -1.91. The van der Waals surface area contributed by atoms with Crippen molar-refractivity contribution in [2.24, 2.45) is 11.3 Å². The van der Waals surface area contributed by atoms with E-state index in [2.05, 4.69) is 0 Å². The molecule has 0 heterocycles. The van der Waals surface area contributed by atoms with Gasteiger partial charge in [-0.1, -0.05) is 6.42 Å². The zero-order chi connectivity index (χ0) is 16.8. The first-order valence-electron chi connectivity index (χ1n) is 7.59. The lowest BCUT2D eigenvalue weighted by molar-refractivity contribution is -0.179. The predicted octanol–water partition coefficient (Wildman–Crippen LogP) is 1.31. The van der Waals surface area contributed by atoms with Gasteiger partial charge in [-0.15, -0.1) is 0 Å². The largest absolute Gasteiger partial charge is 0.465 e. The Morgan fingerprint density at radius 2 is 1.68 bits per heavy atom. The van der Waals surface area contributed by atoms with Gasteiger partial charge in [0.2, 0.25) is 5.91 Å². The van der Waals surface area contributed by atoms with Crippen LogP contribution in [0.15, 0.2) is 0 Å². The van der Waals surface area contributed by atoms with Crippen molar-refractivity contribution < 1.29 is 28.7 Å². The zero-order valence-electron chi connectivity index (χ0n) is 13.7. The van der Waals surface area contributed by atoms with E-state index in [9.17, 15) is 14.4 Å². The average Bonchev–Trinajstić information content (AvgIpc) is 2.91. The van der Waals surface area contributed by atoms with Crippen LogP contribution in [0.25, 0.3) is 0 Å². The van der Waals surface area contributed by atoms with E-state index in [1.807, 2.05) is 0 Å². The molecule has 1 unspecified atom stereocenters. The summed E-state index contributed by atoms with van der Waals surface area (Å²) in [4.78, 5) is 41.8. The van der Waals surface area contributed by atoms with E-state index in [0.29, 0.717) is 19.3 Å². The minimum absolute atomic E-state index is 0.0436. The number of hydroxylamine groups is 2. The second-order valence-electron chi connectivity index (χ2n) is 5.28. The Balaban J connectivity index is 3.04. The van der Waals surface area contributed by atoms with Gasteiger partial charge in [0.25, 0.3) is 0 Å². The molecule has 7 heteroatoms. The summed E-state index contributed by atoms with van der Waals surface area (Å²) in [6.45, 7) is 3.73. The highest BCUT2D eigenvalue weighted by atomic mass is 16.7. The molecule has 0 aromatic rings. The standard InChI is InChI=1S/C15H25NO6/c1-5-21-13(18)15(14(19)22-6-2)9-7-8-11(15)10-12(17)16(3)20-4/h11H,5-10H2,1-4H3. The van der Waals surface area contributed by atoms with Crippen LogP contribution in [-0.4, -0.2) is 50.3 Å². The first-order valence-corrected chi connectivity index (χ1v) is 7.59. The Labute approximate surface area is 130 Å². The fourth-order valence-corrected chi connectivity index (χ4v) is 2.94. The molecule has 126 valence electrons. The molecule has 0 saturated heterocycles. The number of ether oxygens (including phenoxy) is 2. The monoisotopic (exact) mass is 315 g/mol. The smallest absolute Gasteiger partial charge is 0.323 e. The van der Waals surface area contributed by atoms with Gasteiger partial charge in [0.05, 0.1) is 20.3 Å². The molecule has 1 rings (SSSR count). The van der Waals surface area contributed by atoms with Crippen molar-refractivity contribution >= 4 is 17.8 Å². The maximum atomic E-state index is 12.4. The van der Waals surface area contributed by atoms with Gasteiger partial charge in [0.1, 0.15) is 0 Å². The van der Waals surface area contributed by atoms with Crippen LogP contribution in [0.5, 0.6) is 0 Å². The normalized spacial score (nSPS) is 19.5. The molecule has 1 saturated carbocycles. The van der Waals surface area contributed by atoms with Gasteiger partial charge in [0.15, 0.2) is 5.41 Å². The molecular formula is C15H25NO6. The lowest BCUT2D eigenvalue weighted by Crippen LogP contribution is -2.46. The van der Waals surface area contributed by atoms with E-state index in [4.69, 9.17) is 14.3 Å². The van der Waals surface area contributed by atoms with Gasteiger partial charge in [0, 0.05) is 13.5 Å². The highest BCUT2D eigenvalue weighted by Crippen LogP contribution is 2.47. The average molecular weight is 315 g/mol. The highest BCUT2D eigenvalue weighted by molar-refractivity contribution is 6.01. The quantitative estimate of drug-likeness (QED) is 0.400. The third-order valence-electron chi connectivity index (χ3n) is 4.15. The van der Waals surface area contributed by atoms with Gasteiger partial charge < -0.3 is 9.47 Å². The van der Waals surface area contributed by atoms with E-state index in [-0.39, 0.29) is 25.5 Å². The number of hydrogen-bond donors (Lipinski definition) is 0. The van der Waals surface area contributed by atoms with E-state index >= 15 is 0 Å². The SMILES string of the molecule is CCOC(=O)C1(C(=O)OCC)CCCC1CC(=O)N(C)OC. The molecule has 0 aromatic carbocycles. The molecule has 7 nitrogen and oxygen atoms in total. The fraction of sp³-hybridized carbons (Fsp3) is 0.800. The van der Waals surface area contributed by atoms with Gasteiger partial charge >= 0.3 is 11.9 Å². The van der Waals surface area contributed by atoms with Crippen molar-refractivity contribution in [3.8, 4) is 0 Å². The van der Waals surface area contributed by atoms with Gasteiger partial charge in [-0.25, -0.2) is 5.06 Å². The highest BCUT2D eigenvalue weighted by Gasteiger charge is 2.57. The number of nitrogens with zero attached hydrogens (tertiary/aromatic N) is 1. The summed E-state index contributed by atoms with van der Waals surface area (Å²) >= 11 is 0. The van der Waals surface area contributed by atoms with E-state index in [1.54, 1.807) is 13.8 Å². The van der Waals surface area contributed by atoms with E-state index in [0.717, 1.165) is 5.06 Å². The zero-order valence-corrected chi connectivity index (χ0v) is 13.7. The van der Waals surface area contributed by atoms with Crippen molar-refractivity contribution in [2.75, 3.05) is 27.4 Å². The van der Waals surface area contributed by atoms with Crippen LogP contribution in [0.3, 0.4) is 0 Å². The molecule has 1 aliphatic rings. The van der Waals surface area contributed by atoms with Gasteiger partial charge in [-0.2, -0.15) is 0 Å². The first-order chi connectivity index (χ1) is 10.4.